The van der Waals surface area contributed by atoms with Crippen LogP contribution >= 0.6 is 0 Å². The molecule has 22 heavy (non-hydrogen) atoms. The summed E-state index contributed by atoms with van der Waals surface area (Å²) in [4.78, 5) is 11.0. The van der Waals surface area contributed by atoms with Gasteiger partial charge in [0.2, 0.25) is 0 Å². The van der Waals surface area contributed by atoms with Gasteiger partial charge in [0.1, 0.15) is 5.82 Å². The van der Waals surface area contributed by atoms with Crippen molar-refractivity contribution >= 4 is 5.97 Å². The van der Waals surface area contributed by atoms with Gasteiger partial charge in [0.05, 0.1) is 5.92 Å². The third-order valence-corrected chi connectivity index (χ3v) is 5.40. The molecule has 0 aromatic heterocycles. The number of carbonyl (C=O) groups is 1. The first-order valence-electron chi connectivity index (χ1n) is 8.32. The molecule has 0 spiro atoms. The zero-order chi connectivity index (χ0) is 15.7. The molecule has 3 rings (SSSR count). The van der Waals surface area contributed by atoms with E-state index in [1.807, 2.05) is 6.07 Å². The van der Waals surface area contributed by atoms with E-state index >= 15 is 0 Å². The third kappa shape index (κ3) is 3.02. The molecule has 1 aromatic rings. The molecule has 2 N–H and O–H groups in total. The standard InChI is InChI=1S/C18H24FNO2/c1-11-5-10-14-15(3-2-4-16(14)19)17(11)20-13-8-6-12(7-9-13)18(21)22/h2-4,11-13,17,20H,5-10H2,1H3,(H,21,22). The highest BCUT2D eigenvalue weighted by Crippen LogP contribution is 2.37. The van der Waals surface area contributed by atoms with Crippen LogP contribution in [0.5, 0.6) is 0 Å². The van der Waals surface area contributed by atoms with Gasteiger partial charge in [0.15, 0.2) is 0 Å². The third-order valence-electron chi connectivity index (χ3n) is 5.40. The number of rotatable bonds is 3. The first kappa shape index (κ1) is 15.5. The maximum atomic E-state index is 14.0. The Balaban J connectivity index is 1.71. The number of aliphatic carboxylic acids is 1. The highest BCUT2D eigenvalue weighted by molar-refractivity contribution is 5.70. The minimum absolute atomic E-state index is 0.0919. The summed E-state index contributed by atoms with van der Waals surface area (Å²) in [5.41, 5.74) is 1.96. The Labute approximate surface area is 130 Å². The Morgan fingerprint density at radius 1 is 1.23 bits per heavy atom. The highest BCUT2D eigenvalue weighted by Gasteiger charge is 2.32. The Bertz CT molecular complexity index is 552. The summed E-state index contributed by atoms with van der Waals surface area (Å²) >= 11 is 0. The van der Waals surface area contributed by atoms with Crippen molar-refractivity contribution < 1.29 is 14.3 Å². The zero-order valence-corrected chi connectivity index (χ0v) is 13.0. The SMILES string of the molecule is CC1CCc2c(F)cccc2C1NC1CCC(C(=O)O)CC1. The highest BCUT2D eigenvalue weighted by atomic mass is 19.1. The smallest absolute Gasteiger partial charge is 0.306 e. The first-order valence-corrected chi connectivity index (χ1v) is 8.32. The lowest BCUT2D eigenvalue weighted by molar-refractivity contribution is -0.142. The minimum Gasteiger partial charge on any atom is -0.481 e. The van der Waals surface area contributed by atoms with E-state index in [-0.39, 0.29) is 17.8 Å². The predicted octanol–water partition coefficient (Wildman–Crippen LogP) is 3.68. The van der Waals surface area contributed by atoms with E-state index in [9.17, 15) is 9.18 Å². The van der Waals surface area contributed by atoms with Gasteiger partial charge in [-0.2, -0.15) is 0 Å². The normalized spacial score (nSPS) is 31.5. The molecule has 1 saturated carbocycles. The fourth-order valence-electron chi connectivity index (χ4n) is 3.99. The molecule has 1 aromatic carbocycles. The molecule has 1 fully saturated rings. The number of carboxylic acid groups (broad SMARTS) is 1. The largest absolute Gasteiger partial charge is 0.481 e. The summed E-state index contributed by atoms with van der Waals surface area (Å²) in [6, 6.07) is 5.91. The van der Waals surface area contributed by atoms with Crippen LogP contribution in [0.15, 0.2) is 18.2 Å². The molecule has 3 nitrogen and oxygen atoms in total. The van der Waals surface area contributed by atoms with Crippen molar-refractivity contribution in [2.75, 3.05) is 0 Å². The summed E-state index contributed by atoms with van der Waals surface area (Å²) in [5, 5.41) is 12.8. The topological polar surface area (TPSA) is 49.3 Å². The van der Waals surface area contributed by atoms with E-state index in [1.165, 1.54) is 0 Å². The first-order chi connectivity index (χ1) is 10.6. The fourth-order valence-corrected chi connectivity index (χ4v) is 3.99. The molecule has 2 aliphatic rings. The van der Waals surface area contributed by atoms with E-state index in [2.05, 4.69) is 12.2 Å². The lowest BCUT2D eigenvalue weighted by Crippen LogP contribution is -2.41. The van der Waals surface area contributed by atoms with Crippen LogP contribution in [0.25, 0.3) is 0 Å². The van der Waals surface area contributed by atoms with Gasteiger partial charge in [-0.15, -0.1) is 0 Å². The molecule has 0 radical (unpaired) electrons. The van der Waals surface area contributed by atoms with E-state index in [0.717, 1.165) is 49.7 Å². The second-order valence-corrected chi connectivity index (χ2v) is 6.85. The zero-order valence-electron chi connectivity index (χ0n) is 13.0. The number of halogens is 1. The average molecular weight is 305 g/mol. The van der Waals surface area contributed by atoms with Crippen LogP contribution < -0.4 is 5.32 Å². The van der Waals surface area contributed by atoms with Crippen molar-refractivity contribution in [1.82, 2.24) is 5.32 Å². The van der Waals surface area contributed by atoms with Crippen molar-refractivity contribution in [1.29, 1.82) is 0 Å². The lowest BCUT2D eigenvalue weighted by atomic mass is 9.79. The minimum atomic E-state index is -0.670. The predicted molar refractivity (Wildman–Crippen MR) is 83.1 cm³/mol. The molecule has 4 heteroatoms. The summed E-state index contributed by atoms with van der Waals surface area (Å²) in [5.74, 6) is -0.472. The number of nitrogens with one attached hydrogen (secondary N) is 1. The van der Waals surface area contributed by atoms with Gasteiger partial charge in [0.25, 0.3) is 0 Å². The summed E-state index contributed by atoms with van der Waals surface area (Å²) in [6.07, 6.45) is 5.08. The monoisotopic (exact) mass is 305 g/mol. The molecule has 0 bridgehead atoms. The van der Waals surface area contributed by atoms with Crippen LogP contribution in [0.3, 0.4) is 0 Å². The molecule has 120 valence electrons. The molecule has 2 aliphatic carbocycles. The molecule has 2 unspecified atom stereocenters. The second kappa shape index (κ2) is 6.37. The van der Waals surface area contributed by atoms with Gasteiger partial charge in [-0.1, -0.05) is 19.1 Å². The van der Waals surface area contributed by atoms with Crippen molar-refractivity contribution in [3.8, 4) is 0 Å². The number of fused-ring (bicyclic) bond motifs is 1. The molecule has 2 atom stereocenters. The summed E-state index contributed by atoms with van der Waals surface area (Å²) < 4.78 is 14.0. The number of hydrogen-bond acceptors (Lipinski definition) is 2. The van der Waals surface area contributed by atoms with E-state index in [0.29, 0.717) is 12.0 Å². The quantitative estimate of drug-likeness (QED) is 0.895. The second-order valence-electron chi connectivity index (χ2n) is 6.85. The summed E-state index contributed by atoms with van der Waals surface area (Å²) in [7, 11) is 0. The number of hydrogen-bond donors (Lipinski definition) is 2. The van der Waals surface area contributed by atoms with Crippen LogP contribution in [-0.4, -0.2) is 17.1 Å². The maximum absolute atomic E-state index is 14.0. The Kier molecular flexibility index (Phi) is 4.48. The molecule has 0 aliphatic heterocycles. The summed E-state index contributed by atoms with van der Waals surface area (Å²) in [6.45, 7) is 2.22. The number of benzene rings is 1. The van der Waals surface area contributed by atoms with Gasteiger partial charge in [-0.25, -0.2) is 4.39 Å². The Hall–Kier alpha value is -1.42. The number of carboxylic acids is 1. The fraction of sp³-hybridized carbons (Fsp3) is 0.611. The molecule has 0 heterocycles. The van der Waals surface area contributed by atoms with Gasteiger partial charge >= 0.3 is 5.97 Å². The van der Waals surface area contributed by atoms with Crippen molar-refractivity contribution in [2.45, 2.75) is 57.5 Å². The molecular formula is C18H24FNO2. The van der Waals surface area contributed by atoms with E-state index in [4.69, 9.17) is 5.11 Å². The van der Waals surface area contributed by atoms with Crippen LogP contribution in [-0.2, 0) is 11.2 Å². The maximum Gasteiger partial charge on any atom is 0.306 e. The van der Waals surface area contributed by atoms with Crippen LogP contribution in [0.4, 0.5) is 4.39 Å². The van der Waals surface area contributed by atoms with Gasteiger partial charge in [0, 0.05) is 12.1 Å². The van der Waals surface area contributed by atoms with Crippen molar-refractivity contribution in [3.63, 3.8) is 0 Å². The van der Waals surface area contributed by atoms with Crippen molar-refractivity contribution in [3.05, 3.63) is 35.1 Å². The average Bonchev–Trinajstić information content (AvgIpc) is 2.51. The van der Waals surface area contributed by atoms with Gasteiger partial charge in [-0.05, 0) is 61.6 Å². The van der Waals surface area contributed by atoms with E-state index < -0.39 is 5.97 Å². The molecular weight excluding hydrogens is 281 g/mol. The van der Waals surface area contributed by atoms with Gasteiger partial charge < -0.3 is 10.4 Å². The Morgan fingerprint density at radius 2 is 1.95 bits per heavy atom. The van der Waals surface area contributed by atoms with Gasteiger partial charge in [-0.3, -0.25) is 4.79 Å². The van der Waals surface area contributed by atoms with Crippen LogP contribution in [0, 0.1) is 17.7 Å². The molecule has 0 saturated heterocycles. The lowest BCUT2D eigenvalue weighted by Gasteiger charge is -2.37. The van der Waals surface area contributed by atoms with Crippen LogP contribution in [0.1, 0.15) is 56.2 Å². The Morgan fingerprint density at radius 3 is 2.64 bits per heavy atom. The van der Waals surface area contributed by atoms with E-state index in [1.54, 1.807) is 12.1 Å². The van der Waals surface area contributed by atoms with Crippen LogP contribution in [0.2, 0.25) is 0 Å². The van der Waals surface area contributed by atoms with Crippen molar-refractivity contribution in [2.24, 2.45) is 11.8 Å². The molecule has 0 amide bonds.